The van der Waals surface area contributed by atoms with Crippen molar-refractivity contribution < 1.29 is 4.74 Å². The molecule has 4 rings (SSSR count). The van der Waals surface area contributed by atoms with E-state index in [0.29, 0.717) is 0 Å². The van der Waals surface area contributed by atoms with Crippen LogP contribution in [0.4, 0.5) is 0 Å². The monoisotopic (exact) mass is 218 g/mol. The third kappa shape index (κ3) is 1.61. The molecular formula is C15H22O. The Labute approximate surface area is 98.6 Å². The van der Waals surface area contributed by atoms with Crippen LogP contribution in [0.1, 0.15) is 45.4 Å². The van der Waals surface area contributed by atoms with Crippen LogP contribution in [0.2, 0.25) is 0 Å². The van der Waals surface area contributed by atoms with Crippen LogP contribution in [0.15, 0.2) is 24.5 Å². The van der Waals surface area contributed by atoms with Crippen molar-refractivity contribution in [3.8, 4) is 0 Å². The quantitative estimate of drug-likeness (QED) is 0.512. The molecule has 1 heteroatoms. The second-order valence-electron chi connectivity index (χ2n) is 6.41. The van der Waals surface area contributed by atoms with E-state index >= 15 is 0 Å². The van der Waals surface area contributed by atoms with Crippen LogP contribution < -0.4 is 0 Å². The number of hydrogen-bond acceptors (Lipinski definition) is 1. The fraction of sp³-hybridized carbons (Fsp3) is 0.733. The zero-order valence-electron chi connectivity index (χ0n) is 10.3. The number of allylic oxidation sites excluding steroid dienone is 1. The summed E-state index contributed by atoms with van der Waals surface area (Å²) >= 11 is 0. The van der Waals surface area contributed by atoms with Crippen molar-refractivity contribution in [2.45, 2.75) is 51.0 Å². The molecule has 4 bridgehead atoms. The van der Waals surface area contributed by atoms with Crippen molar-refractivity contribution in [2.75, 3.05) is 0 Å². The maximum Gasteiger partial charge on any atom is 0.115 e. The van der Waals surface area contributed by atoms with E-state index in [4.69, 9.17) is 4.74 Å². The fourth-order valence-electron chi connectivity index (χ4n) is 4.50. The van der Waals surface area contributed by atoms with Gasteiger partial charge in [0, 0.05) is 0 Å². The molecule has 4 aliphatic carbocycles. The van der Waals surface area contributed by atoms with Gasteiger partial charge in [0.05, 0.1) is 0 Å². The molecular weight excluding hydrogens is 196 g/mol. The first-order chi connectivity index (χ1) is 7.56. The Kier molecular flexibility index (Phi) is 2.21. The highest BCUT2D eigenvalue weighted by atomic mass is 16.5. The molecule has 0 heterocycles. The standard InChI is InChI=1S/C15H22O/c1-10(2)11(3)16-15-7-12-4-13(8-15)6-14(5-12)9-15/h12-14H,1,3-9H2,2H3. The summed E-state index contributed by atoms with van der Waals surface area (Å²) in [5, 5.41) is 0. The first kappa shape index (κ1) is 10.4. The maximum absolute atomic E-state index is 6.22. The lowest BCUT2D eigenvalue weighted by Crippen LogP contribution is -2.51. The molecule has 0 aromatic rings. The molecule has 4 fully saturated rings. The lowest BCUT2D eigenvalue weighted by molar-refractivity contribution is -0.136. The third-order valence-electron chi connectivity index (χ3n) is 4.80. The third-order valence-corrected chi connectivity index (χ3v) is 4.80. The highest BCUT2D eigenvalue weighted by Gasteiger charge is 2.52. The highest BCUT2D eigenvalue weighted by molar-refractivity contribution is 5.18. The summed E-state index contributed by atoms with van der Waals surface area (Å²) in [5.74, 6) is 3.62. The van der Waals surface area contributed by atoms with Crippen molar-refractivity contribution in [1.29, 1.82) is 0 Å². The van der Waals surface area contributed by atoms with Gasteiger partial charge in [0.1, 0.15) is 11.4 Å². The second kappa shape index (κ2) is 3.38. The van der Waals surface area contributed by atoms with Gasteiger partial charge >= 0.3 is 0 Å². The van der Waals surface area contributed by atoms with Gasteiger partial charge in [-0.15, -0.1) is 0 Å². The average Bonchev–Trinajstić information content (AvgIpc) is 2.13. The molecule has 0 unspecified atom stereocenters. The fourth-order valence-corrected chi connectivity index (χ4v) is 4.50. The Bertz CT molecular complexity index is 304. The van der Waals surface area contributed by atoms with Gasteiger partial charge in [-0.2, -0.15) is 0 Å². The Morgan fingerprint density at radius 2 is 1.44 bits per heavy atom. The summed E-state index contributed by atoms with van der Waals surface area (Å²) in [6, 6.07) is 0. The molecule has 0 saturated heterocycles. The highest BCUT2D eigenvalue weighted by Crippen LogP contribution is 2.57. The summed E-state index contributed by atoms with van der Waals surface area (Å²) < 4.78 is 6.22. The van der Waals surface area contributed by atoms with Crippen molar-refractivity contribution in [1.82, 2.24) is 0 Å². The molecule has 0 radical (unpaired) electrons. The number of rotatable bonds is 3. The molecule has 0 atom stereocenters. The van der Waals surface area contributed by atoms with E-state index < -0.39 is 0 Å². The predicted molar refractivity (Wildman–Crippen MR) is 65.9 cm³/mol. The van der Waals surface area contributed by atoms with Crippen LogP contribution in [0.25, 0.3) is 0 Å². The molecule has 0 aromatic heterocycles. The van der Waals surface area contributed by atoms with Crippen molar-refractivity contribution in [3.05, 3.63) is 24.5 Å². The summed E-state index contributed by atoms with van der Waals surface area (Å²) in [6.07, 6.45) is 8.19. The van der Waals surface area contributed by atoms with Crippen LogP contribution in [-0.4, -0.2) is 5.60 Å². The van der Waals surface area contributed by atoms with E-state index in [1.807, 2.05) is 6.92 Å². The molecule has 16 heavy (non-hydrogen) atoms. The van der Waals surface area contributed by atoms with E-state index in [9.17, 15) is 0 Å². The molecule has 0 aromatic carbocycles. The largest absolute Gasteiger partial charge is 0.488 e. The van der Waals surface area contributed by atoms with E-state index in [0.717, 1.165) is 29.1 Å². The van der Waals surface area contributed by atoms with E-state index in [1.165, 1.54) is 38.5 Å². The van der Waals surface area contributed by atoms with Crippen LogP contribution in [0.3, 0.4) is 0 Å². The molecule has 4 aliphatic rings. The summed E-state index contributed by atoms with van der Waals surface area (Å²) in [7, 11) is 0. The number of ether oxygens (including phenoxy) is 1. The maximum atomic E-state index is 6.22. The lowest BCUT2D eigenvalue weighted by Gasteiger charge is -2.56. The van der Waals surface area contributed by atoms with Gasteiger partial charge in [-0.3, -0.25) is 0 Å². The molecule has 0 N–H and O–H groups in total. The molecule has 88 valence electrons. The van der Waals surface area contributed by atoms with Gasteiger partial charge in [0.25, 0.3) is 0 Å². The Hall–Kier alpha value is -0.720. The molecule has 4 saturated carbocycles. The topological polar surface area (TPSA) is 9.23 Å². The minimum absolute atomic E-state index is 0.144. The van der Waals surface area contributed by atoms with E-state index in [1.54, 1.807) is 0 Å². The summed E-state index contributed by atoms with van der Waals surface area (Å²) in [5.41, 5.74) is 1.13. The Morgan fingerprint density at radius 1 is 1.00 bits per heavy atom. The molecule has 0 aliphatic heterocycles. The smallest absolute Gasteiger partial charge is 0.115 e. The minimum atomic E-state index is 0.144. The van der Waals surface area contributed by atoms with Crippen LogP contribution >= 0.6 is 0 Å². The Balaban J connectivity index is 1.78. The minimum Gasteiger partial charge on any atom is -0.488 e. The van der Waals surface area contributed by atoms with Crippen LogP contribution in [-0.2, 0) is 4.74 Å². The SMILES string of the molecule is C=C(C)C(=C)OC12CC3CC(CC(C3)C1)C2. The summed E-state index contributed by atoms with van der Waals surface area (Å²) in [6.45, 7) is 9.93. The summed E-state index contributed by atoms with van der Waals surface area (Å²) in [4.78, 5) is 0. The first-order valence-corrected chi connectivity index (χ1v) is 6.60. The van der Waals surface area contributed by atoms with Crippen LogP contribution in [0, 0.1) is 17.8 Å². The molecule has 1 nitrogen and oxygen atoms in total. The first-order valence-electron chi connectivity index (χ1n) is 6.60. The zero-order chi connectivity index (χ0) is 11.3. The average molecular weight is 218 g/mol. The van der Waals surface area contributed by atoms with E-state index in [-0.39, 0.29) is 5.60 Å². The second-order valence-corrected chi connectivity index (χ2v) is 6.41. The van der Waals surface area contributed by atoms with Crippen molar-refractivity contribution in [2.24, 2.45) is 17.8 Å². The van der Waals surface area contributed by atoms with Gasteiger partial charge in [-0.25, -0.2) is 0 Å². The van der Waals surface area contributed by atoms with Gasteiger partial charge in [-0.1, -0.05) is 13.2 Å². The predicted octanol–water partition coefficient (Wildman–Crippen LogP) is 4.06. The van der Waals surface area contributed by atoms with Crippen molar-refractivity contribution >= 4 is 0 Å². The Morgan fingerprint density at radius 3 is 1.81 bits per heavy atom. The molecule has 0 amide bonds. The van der Waals surface area contributed by atoms with Crippen LogP contribution in [0.5, 0.6) is 0 Å². The lowest BCUT2D eigenvalue weighted by atomic mass is 9.54. The van der Waals surface area contributed by atoms with E-state index in [2.05, 4.69) is 13.2 Å². The normalized spacial score (nSPS) is 44.4. The van der Waals surface area contributed by atoms with Gasteiger partial charge in [0.2, 0.25) is 0 Å². The van der Waals surface area contributed by atoms with Gasteiger partial charge < -0.3 is 4.74 Å². The van der Waals surface area contributed by atoms with Gasteiger partial charge in [-0.05, 0) is 68.8 Å². The zero-order valence-corrected chi connectivity index (χ0v) is 10.3. The van der Waals surface area contributed by atoms with Crippen molar-refractivity contribution in [3.63, 3.8) is 0 Å². The molecule has 0 spiro atoms. The number of hydrogen-bond donors (Lipinski definition) is 0. The van der Waals surface area contributed by atoms with Gasteiger partial charge in [0.15, 0.2) is 0 Å².